The molecule has 0 aromatic heterocycles. The molecule has 1 rings (SSSR count). The van der Waals surface area contributed by atoms with Crippen molar-refractivity contribution in [2.75, 3.05) is 19.7 Å². The fourth-order valence-electron chi connectivity index (χ4n) is 2.40. The zero-order valence-electron chi connectivity index (χ0n) is 12.0. The Morgan fingerprint density at radius 2 is 2.32 bits per heavy atom. The topological polar surface area (TPSA) is 55.6 Å². The van der Waals surface area contributed by atoms with Crippen molar-refractivity contribution in [1.29, 1.82) is 0 Å². The second-order valence-electron chi connectivity index (χ2n) is 5.14. The van der Waals surface area contributed by atoms with Gasteiger partial charge in [-0.05, 0) is 32.1 Å². The fourth-order valence-corrected chi connectivity index (χ4v) is 2.40. The fraction of sp³-hybridized carbons (Fsp3) is 0.786. The molecule has 0 bridgehead atoms. The van der Waals surface area contributed by atoms with Crippen molar-refractivity contribution in [1.82, 2.24) is 4.90 Å². The van der Waals surface area contributed by atoms with Gasteiger partial charge in [0.05, 0.1) is 6.61 Å². The first kappa shape index (κ1) is 18.4. The van der Waals surface area contributed by atoms with Gasteiger partial charge in [-0.15, -0.1) is 19.0 Å². The van der Waals surface area contributed by atoms with Crippen LogP contribution >= 0.6 is 12.4 Å². The van der Waals surface area contributed by atoms with Crippen LogP contribution in [0.15, 0.2) is 12.7 Å². The van der Waals surface area contributed by atoms with Gasteiger partial charge in [0.1, 0.15) is 6.10 Å². The summed E-state index contributed by atoms with van der Waals surface area (Å²) in [6, 6.07) is 0.173. The Labute approximate surface area is 122 Å². The Balaban J connectivity index is 0.00000324. The van der Waals surface area contributed by atoms with Gasteiger partial charge in [0.15, 0.2) is 0 Å². The number of rotatable bonds is 6. The van der Waals surface area contributed by atoms with E-state index in [-0.39, 0.29) is 30.5 Å². The molecular formula is C14H27ClN2O2. The highest BCUT2D eigenvalue weighted by Crippen LogP contribution is 2.22. The summed E-state index contributed by atoms with van der Waals surface area (Å²) in [5.41, 5.74) is 5.77. The molecule has 1 saturated heterocycles. The smallest absolute Gasteiger partial charge is 0.251 e. The summed E-state index contributed by atoms with van der Waals surface area (Å²) in [5, 5.41) is 0. The Bertz CT molecular complexity index is 287. The van der Waals surface area contributed by atoms with Crippen molar-refractivity contribution in [2.45, 2.75) is 45.3 Å². The normalized spacial score (nSPS) is 24.5. The highest BCUT2D eigenvalue weighted by molar-refractivity contribution is 5.85. The van der Waals surface area contributed by atoms with E-state index in [1.54, 1.807) is 6.08 Å². The summed E-state index contributed by atoms with van der Waals surface area (Å²) in [4.78, 5) is 14.2. The second kappa shape index (κ2) is 9.34. The number of piperidine rings is 1. The van der Waals surface area contributed by atoms with Crippen molar-refractivity contribution in [3.8, 4) is 0 Å². The maximum Gasteiger partial charge on any atom is 0.251 e. The average molecular weight is 291 g/mol. The molecule has 0 aliphatic carbocycles. The lowest BCUT2D eigenvalue weighted by atomic mass is 9.92. The molecule has 112 valence electrons. The van der Waals surface area contributed by atoms with Crippen molar-refractivity contribution in [3.05, 3.63) is 12.7 Å². The highest BCUT2D eigenvalue weighted by Gasteiger charge is 2.31. The number of hydrogen-bond acceptors (Lipinski definition) is 3. The Hall–Kier alpha value is -0.580. The molecule has 1 aliphatic heterocycles. The predicted octanol–water partition coefficient (Wildman–Crippen LogP) is 1.98. The Kier molecular flexibility index (Phi) is 9.06. The first-order valence-electron chi connectivity index (χ1n) is 6.83. The number of hydrogen-bond donors (Lipinski definition) is 1. The number of halogens is 1. The zero-order valence-corrected chi connectivity index (χ0v) is 12.8. The van der Waals surface area contributed by atoms with Gasteiger partial charge in [0.2, 0.25) is 0 Å². The van der Waals surface area contributed by atoms with Gasteiger partial charge in [-0.2, -0.15) is 0 Å². The third-order valence-electron chi connectivity index (χ3n) is 3.57. The van der Waals surface area contributed by atoms with E-state index in [9.17, 15) is 4.79 Å². The Morgan fingerprint density at radius 1 is 1.63 bits per heavy atom. The van der Waals surface area contributed by atoms with Gasteiger partial charge < -0.3 is 15.4 Å². The average Bonchev–Trinajstić information content (AvgIpc) is 2.37. The molecule has 4 nitrogen and oxygen atoms in total. The van der Waals surface area contributed by atoms with Crippen molar-refractivity contribution in [2.24, 2.45) is 11.7 Å². The summed E-state index contributed by atoms with van der Waals surface area (Å²) in [6.07, 6.45) is 4.24. The van der Waals surface area contributed by atoms with E-state index in [1.807, 2.05) is 11.8 Å². The van der Waals surface area contributed by atoms with Gasteiger partial charge in [0.25, 0.3) is 5.91 Å². The van der Waals surface area contributed by atoms with Gasteiger partial charge in [-0.1, -0.05) is 13.0 Å². The van der Waals surface area contributed by atoms with E-state index >= 15 is 0 Å². The summed E-state index contributed by atoms with van der Waals surface area (Å²) in [6.45, 7) is 9.56. The SMILES string of the molecule is C=CCCOC(C)C(=O)N1CCC(C)CC1CN.Cl. The molecule has 1 aliphatic rings. The molecule has 0 aromatic rings. The molecular weight excluding hydrogens is 264 g/mol. The van der Waals surface area contributed by atoms with E-state index in [1.165, 1.54) is 0 Å². The molecule has 3 unspecified atom stereocenters. The van der Waals surface area contributed by atoms with Crippen LogP contribution < -0.4 is 5.73 Å². The maximum atomic E-state index is 12.3. The van der Waals surface area contributed by atoms with E-state index in [0.29, 0.717) is 19.1 Å². The quantitative estimate of drug-likeness (QED) is 0.601. The lowest BCUT2D eigenvalue weighted by Crippen LogP contribution is -2.52. The molecule has 0 spiro atoms. The number of nitrogens with zero attached hydrogens (tertiary/aromatic N) is 1. The lowest BCUT2D eigenvalue weighted by molar-refractivity contribution is -0.146. The van der Waals surface area contributed by atoms with Crippen LogP contribution in [0.5, 0.6) is 0 Å². The third-order valence-corrected chi connectivity index (χ3v) is 3.57. The largest absolute Gasteiger partial charge is 0.368 e. The number of carbonyl (C=O) groups excluding carboxylic acids is 1. The predicted molar refractivity (Wildman–Crippen MR) is 80.4 cm³/mol. The van der Waals surface area contributed by atoms with Crippen LogP contribution in [0.25, 0.3) is 0 Å². The van der Waals surface area contributed by atoms with E-state index < -0.39 is 0 Å². The number of ether oxygens (including phenoxy) is 1. The molecule has 2 N–H and O–H groups in total. The maximum absolute atomic E-state index is 12.3. The standard InChI is InChI=1S/C14H26N2O2.ClH/c1-4-5-8-18-12(3)14(17)16-7-6-11(2)9-13(16)10-15;/h4,11-13H,1,5-10,15H2,2-3H3;1H. The molecule has 1 amide bonds. The summed E-state index contributed by atoms with van der Waals surface area (Å²) in [5.74, 6) is 0.723. The summed E-state index contributed by atoms with van der Waals surface area (Å²) < 4.78 is 5.51. The van der Waals surface area contributed by atoms with E-state index in [2.05, 4.69) is 13.5 Å². The summed E-state index contributed by atoms with van der Waals surface area (Å²) >= 11 is 0. The number of amides is 1. The van der Waals surface area contributed by atoms with Crippen molar-refractivity contribution in [3.63, 3.8) is 0 Å². The molecule has 19 heavy (non-hydrogen) atoms. The molecule has 1 fully saturated rings. The third kappa shape index (κ3) is 5.51. The lowest BCUT2D eigenvalue weighted by Gasteiger charge is -2.39. The van der Waals surface area contributed by atoms with Crippen LogP contribution in [0.2, 0.25) is 0 Å². The van der Waals surface area contributed by atoms with Crippen LogP contribution in [0.1, 0.15) is 33.1 Å². The van der Waals surface area contributed by atoms with E-state index in [4.69, 9.17) is 10.5 Å². The minimum absolute atomic E-state index is 0. The molecule has 3 atom stereocenters. The van der Waals surface area contributed by atoms with Gasteiger partial charge in [-0.25, -0.2) is 0 Å². The number of carbonyl (C=O) groups is 1. The minimum Gasteiger partial charge on any atom is -0.368 e. The molecule has 0 radical (unpaired) electrons. The molecule has 1 heterocycles. The molecule has 5 heteroatoms. The van der Waals surface area contributed by atoms with Crippen LogP contribution in [0.4, 0.5) is 0 Å². The first-order chi connectivity index (χ1) is 8.60. The van der Waals surface area contributed by atoms with Gasteiger partial charge in [0, 0.05) is 19.1 Å². The highest BCUT2D eigenvalue weighted by atomic mass is 35.5. The summed E-state index contributed by atoms with van der Waals surface area (Å²) in [7, 11) is 0. The van der Waals surface area contributed by atoms with Gasteiger partial charge >= 0.3 is 0 Å². The van der Waals surface area contributed by atoms with E-state index in [0.717, 1.165) is 25.8 Å². The Morgan fingerprint density at radius 3 is 2.89 bits per heavy atom. The first-order valence-corrected chi connectivity index (χ1v) is 6.83. The molecule has 0 saturated carbocycles. The number of nitrogens with two attached hydrogens (primary N) is 1. The van der Waals surface area contributed by atoms with Crippen LogP contribution in [0, 0.1) is 5.92 Å². The zero-order chi connectivity index (χ0) is 13.5. The van der Waals surface area contributed by atoms with Gasteiger partial charge in [-0.3, -0.25) is 4.79 Å². The van der Waals surface area contributed by atoms with Crippen LogP contribution in [0.3, 0.4) is 0 Å². The minimum atomic E-state index is -0.382. The second-order valence-corrected chi connectivity index (χ2v) is 5.14. The molecule has 0 aromatic carbocycles. The van der Waals surface area contributed by atoms with Crippen molar-refractivity contribution < 1.29 is 9.53 Å². The monoisotopic (exact) mass is 290 g/mol. The van der Waals surface area contributed by atoms with Crippen molar-refractivity contribution >= 4 is 18.3 Å². The van der Waals surface area contributed by atoms with Crippen LogP contribution in [-0.4, -0.2) is 42.6 Å². The number of likely N-dealkylation sites (tertiary alicyclic amines) is 1. The van der Waals surface area contributed by atoms with Crippen LogP contribution in [-0.2, 0) is 9.53 Å².